The van der Waals surface area contributed by atoms with Crippen molar-refractivity contribution in [3.05, 3.63) is 23.7 Å². The summed E-state index contributed by atoms with van der Waals surface area (Å²) in [7, 11) is -1.69. The zero-order valence-electron chi connectivity index (χ0n) is 11.7. The quantitative estimate of drug-likeness (QED) is 0.825. The molecule has 0 saturated heterocycles. The lowest BCUT2D eigenvalue weighted by Crippen LogP contribution is -2.40. The summed E-state index contributed by atoms with van der Waals surface area (Å²) in [4.78, 5) is 0. The van der Waals surface area contributed by atoms with Gasteiger partial charge in [-0.2, -0.15) is 4.31 Å². The molecular weight excluding hydrogens is 264 g/mol. The lowest BCUT2D eigenvalue weighted by Gasteiger charge is -2.21. The minimum absolute atomic E-state index is 0.282. The Labute approximate surface area is 115 Å². The van der Waals surface area contributed by atoms with Crippen LogP contribution in [0.1, 0.15) is 31.3 Å². The molecule has 0 bridgehead atoms. The molecule has 1 aliphatic carbocycles. The molecule has 1 aliphatic rings. The number of aryl methyl sites for hydroxylation is 1. The molecule has 1 saturated carbocycles. The fourth-order valence-corrected chi connectivity index (χ4v) is 3.14. The minimum atomic E-state index is -3.28. The number of rotatable bonds is 7. The Morgan fingerprint density at radius 2 is 2.16 bits per heavy atom. The van der Waals surface area contributed by atoms with Crippen molar-refractivity contribution in [3.8, 4) is 0 Å². The number of furan rings is 1. The van der Waals surface area contributed by atoms with Crippen LogP contribution in [-0.4, -0.2) is 37.6 Å². The van der Waals surface area contributed by atoms with E-state index in [9.17, 15) is 8.42 Å². The van der Waals surface area contributed by atoms with Gasteiger partial charge < -0.3 is 9.73 Å². The molecule has 1 unspecified atom stereocenters. The first-order valence-corrected chi connectivity index (χ1v) is 8.14. The standard InChI is InChI=1S/C13H22N2O3S/c1-10-4-7-13(18-10)9-15(3)19(16,17)11(2)8-14-12-5-6-12/h4,7,11-12,14H,5-6,8-9H2,1-3H3. The zero-order valence-corrected chi connectivity index (χ0v) is 12.5. The van der Waals surface area contributed by atoms with Crippen molar-refractivity contribution in [3.63, 3.8) is 0 Å². The molecule has 2 rings (SSSR count). The lowest BCUT2D eigenvalue weighted by molar-refractivity contribution is 0.392. The van der Waals surface area contributed by atoms with E-state index >= 15 is 0 Å². The first kappa shape index (κ1) is 14.6. The number of nitrogens with zero attached hydrogens (tertiary/aromatic N) is 1. The van der Waals surface area contributed by atoms with Crippen LogP contribution in [0.5, 0.6) is 0 Å². The first-order valence-electron chi connectivity index (χ1n) is 6.63. The Kier molecular flexibility index (Phi) is 4.32. The number of hydrogen-bond donors (Lipinski definition) is 1. The van der Waals surface area contributed by atoms with Crippen LogP contribution in [0.4, 0.5) is 0 Å². The van der Waals surface area contributed by atoms with Gasteiger partial charge in [0.05, 0.1) is 11.8 Å². The Balaban J connectivity index is 1.92. The molecule has 0 aliphatic heterocycles. The third-order valence-electron chi connectivity index (χ3n) is 3.39. The highest BCUT2D eigenvalue weighted by Gasteiger charge is 2.29. The maximum Gasteiger partial charge on any atom is 0.218 e. The van der Waals surface area contributed by atoms with E-state index in [4.69, 9.17) is 4.42 Å². The highest BCUT2D eigenvalue weighted by molar-refractivity contribution is 7.89. The van der Waals surface area contributed by atoms with Gasteiger partial charge >= 0.3 is 0 Å². The van der Waals surface area contributed by atoms with Crippen molar-refractivity contribution in [1.29, 1.82) is 0 Å². The predicted octanol–water partition coefficient (Wildman–Crippen LogP) is 1.49. The van der Waals surface area contributed by atoms with Crippen LogP contribution in [0.2, 0.25) is 0 Å². The third kappa shape index (κ3) is 3.81. The summed E-state index contributed by atoms with van der Waals surface area (Å²) in [5.41, 5.74) is 0. The third-order valence-corrected chi connectivity index (χ3v) is 5.57. The van der Waals surface area contributed by atoms with Gasteiger partial charge in [-0.05, 0) is 38.8 Å². The molecule has 0 radical (unpaired) electrons. The van der Waals surface area contributed by atoms with Crippen LogP contribution >= 0.6 is 0 Å². The Morgan fingerprint density at radius 3 is 2.68 bits per heavy atom. The fourth-order valence-electron chi connectivity index (χ4n) is 1.91. The van der Waals surface area contributed by atoms with E-state index < -0.39 is 15.3 Å². The van der Waals surface area contributed by atoms with E-state index in [0.717, 1.165) is 18.6 Å². The van der Waals surface area contributed by atoms with E-state index in [2.05, 4.69) is 5.32 Å². The summed E-state index contributed by atoms with van der Waals surface area (Å²) in [5, 5.41) is 2.83. The zero-order chi connectivity index (χ0) is 14.0. The maximum absolute atomic E-state index is 12.3. The molecule has 1 heterocycles. The van der Waals surface area contributed by atoms with Gasteiger partial charge in [0, 0.05) is 19.6 Å². The van der Waals surface area contributed by atoms with E-state index in [1.54, 1.807) is 14.0 Å². The highest BCUT2D eigenvalue weighted by Crippen LogP contribution is 2.19. The monoisotopic (exact) mass is 286 g/mol. The van der Waals surface area contributed by atoms with Crippen LogP contribution in [0.25, 0.3) is 0 Å². The van der Waals surface area contributed by atoms with Gasteiger partial charge in [0.25, 0.3) is 0 Å². The summed E-state index contributed by atoms with van der Waals surface area (Å²) in [5.74, 6) is 1.47. The van der Waals surface area contributed by atoms with Crippen LogP contribution < -0.4 is 5.32 Å². The molecule has 1 aromatic rings. The molecule has 108 valence electrons. The molecule has 0 amide bonds. The fraction of sp³-hybridized carbons (Fsp3) is 0.692. The number of nitrogens with one attached hydrogen (secondary N) is 1. The van der Waals surface area contributed by atoms with Crippen molar-refractivity contribution in [2.75, 3.05) is 13.6 Å². The van der Waals surface area contributed by atoms with Gasteiger partial charge in [-0.3, -0.25) is 0 Å². The molecule has 1 fully saturated rings. The van der Waals surface area contributed by atoms with E-state index in [0.29, 0.717) is 18.3 Å². The second kappa shape index (κ2) is 5.64. The van der Waals surface area contributed by atoms with Gasteiger partial charge in [0.2, 0.25) is 10.0 Å². The minimum Gasteiger partial charge on any atom is -0.465 e. The van der Waals surface area contributed by atoms with Gasteiger partial charge in [-0.1, -0.05) is 0 Å². The number of sulfonamides is 1. The van der Waals surface area contributed by atoms with E-state index in [1.807, 2.05) is 19.1 Å². The summed E-state index contributed by atoms with van der Waals surface area (Å²) < 4.78 is 31.4. The molecule has 0 spiro atoms. The first-order chi connectivity index (χ1) is 8.89. The van der Waals surface area contributed by atoms with Crippen LogP contribution in [0.3, 0.4) is 0 Å². The van der Waals surface area contributed by atoms with E-state index in [-0.39, 0.29) is 6.54 Å². The average molecular weight is 286 g/mol. The van der Waals surface area contributed by atoms with Crippen molar-refractivity contribution < 1.29 is 12.8 Å². The van der Waals surface area contributed by atoms with Crippen molar-refractivity contribution in [2.45, 2.75) is 44.5 Å². The molecular formula is C13H22N2O3S. The molecule has 5 nitrogen and oxygen atoms in total. The molecule has 1 atom stereocenters. The topological polar surface area (TPSA) is 62.6 Å². The largest absolute Gasteiger partial charge is 0.465 e. The van der Waals surface area contributed by atoms with Gasteiger partial charge in [0.15, 0.2) is 0 Å². The summed E-state index contributed by atoms with van der Waals surface area (Å²) in [6.07, 6.45) is 2.32. The second-order valence-electron chi connectivity index (χ2n) is 5.31. The smallest absolute Gasteiger partial charge is 0.218 e. The molecule has 1 N–H and O–H groups in total. The van der Waals surface area contributed by atoms with Crippen LogP contribution in [0, 0.1) is 6.92 Å². The molecule has 1 aromatic heterocycles. The van der Waals surface area contributed by atoms with Crippen molar-refractivity contribution >= 4 is 10.0 Å². The van der Waals surface area contributed by atoms with Crippen molar-refractivity contribution in [1.82, 2.24) is 9.62 Å². The summed E-state index contributed by atoms with van der Waals surface area (Å²) >= 11 is 0. The van der Waals surface area contributed by atoms with Crippen LogP contribution in [0.15, 0.2) is 16.5 Å². The normalized spacial score (nSPS) is 17.9. The average Bonchev–Trinajstić information content (AvgIpc) is 3.09. The predicted molar refractivity (Wildman–Crippen MR) is 74.3 cm³/mol. The summed E-state index contributed by atoms with van der Waals surface area (Å²) in [6, 6.07) is 4.18. The van der Waals surface area contributed by atoms with Gasteiger partial charge in [-0.15, -0.1) is 0 Å². The van der Waals surface area contributed by atoms with Crippen molar-refractivity contribution in [2.24, 2.45) is 0 Å². The van der Waals surface area contributed by atoms with E-state index in [1.165, 1.54) is 4.31 Å². The van der Waals surface area contributed by atoms with Gasteiger partial charge in [0.1, 0.15) is 11.5 Å². The lowest BCUT2D eigenvalue weighted by atomic mass is 10.4. The Bertz CT molecular complexity index is 520. The molecule has 6 heteroatoms. The molecule has 19 heavy (non-hydrogen) atoms. The molecule has 0 aromatic carbocycles. The van der Waals surface area contributed by atoms with Crippen LogP contribution in [-0.2, 0) is 16.6 Å². The van der Waals surface area contributed by atoms with Gasteiger partial charge in [-0.25, -0.2) is 8.42 Å². The number of hydrogen-bond acceptors (Lipinski definition) is 4. The second-order valence-corrected chi connectivity index (χ2v) is 7.76. The SMILES string of the molecule is Cc1ccc(CN(C)S(=O)(=O)C(C)CNC2CC2)o1. The maximum atomic E-state index is 12.3. The summed E-state index contributed by atoms with van der Waals surface area (Å²) in [6.45, 7) is 4.38. The highest BCUT2D eigenvalue weighted by atomic mass is 32.2. The Morgan fingerprint density at radius 1 is 1.47 bits per heavy atom. The Hall–Kier alpha value is -0.850.